The Morgan fingerprint density at radius 3 is 2.67 bits per heavy atom. The fourth-order valence-corrected chi connectivity index (χ4v) is 3.46. The maximum absolute atomic E-state index is 11.1. The highest BCUT2D eigenvalue weighted by molar-refractivity contribution is 5.92. The summed E-state index contributed by atoms with van der Waals surface area (Å²) in [7, 11) is 0. The van der Waals surface area contributed by atoms with Gasteiger partial charge in [0.1, 0.15) is 11.6 Å². The lowest BCUT2D eigenvalue weighted by Crippen LogP contribution is -2.36. The molecule has 0 radical (unpaired) electrons. The molecule has 1 atom stereocenters. The Hall–Kier alpha value is -2.21. The third-order valence-electron chi connectivity index (χ3n) is 4.64. The predicted molar refractivity (Wildman–Crippen MR) is 92.5 cm³/mol. The average Bonchev–Trinajstić information content (AvgIpc) is 2.86. The summed E-state index contributed by atoms with van der Waals surface area (Å²) in [6.45, 7) is 7.97. The van der Waals surface area contributed by atoms with E-state index in [1.807, 2.05) is 30.7 Å². The van der Waals surface area contributed by atoms with Crippen molar-refractivity contribution in [1.29, 1.82) is 0 Å². The molecule has 1 amide bonds. The summed E-state index contributed by atoms with van der Waals surface area (Å²) < 4.78 is 2.03. The van der Waals surface area contributed by atoms with Gasteiger partial charge in [0.2, 0.25) is 5.91 Å². The Morgan fingerprint density at radius 2 is 2.04 bits per heavy atom. The van der Waals surface area contributed by atoms with Crippen molar-refractivity contribution in [2.45, 2.75) is 39.8 Å². The molecule has 3 rings (SSSR count). The largest absolute Gasteiger partial charge is 0.366 e. The van der Waals surface area contributed by atoms with Crippen LogP contribution in [0.5, 0.6) is 0 Å². The van der Waals surface area contributed by atoms with Crippen molar-refractivity contribution in [3.05, 3.63) is 47.0 Å². The highest BCUT2D eigenvalue weighted by Crippen LogP contribution is 2.20. The minimum absolute atomic E-state index is 0.377. The van der Waals surface area contributed by atoms with Gasteiger partial charge in [-0.3, -0.25) is 9.69 Å². The second kappa shape index (κ2) is 7.13. The van der Waals surface area contributed by atoms with Gasteiger partial charge in [-0.2, -0.15) is 5.10 Å². The molecule has 0 unspecified atom stereocenters. The van der Waals surface area contributed by atoms with Crippen molar-refractivity contribution in [2.24, 2.45) is 11.7 Å². The molecule has 0 spiro atoms. The first-order valence-electron chi connectivity index (χ1n) is 8.50. The summed E-state index contributed by atoms with van der Waals surface area (Å²) in [5.41, 5.74) is 7.07. The number of rotatable bonds is 5. The van der Waals surface area contributed by atoms with Gasteiger partial charge in [-0.05, 0) is 56.8 Å². The quantitative estimate of drug-likeness (QED) is 0.910. The van der Waals surface area contributed by atoms with Crippen molar-refractivity contribution in [2.75, 3.05) is 13.1 Å². The maximum Gasteiger partial charge on any atom is 0.248 e. The van der Waals surface area contributed by atoms with Crippen LogP contribution in [-0.4, -0.2) is 38.7 Å². The molecule has 2 N–H and O–H groups in total. The number of piperidine rings is 1. The van der Waals surface area contributed by atoms with E-state index in [0.29, 0.717) is 11.5 Å². The third kappa shape index (κ3) is 4.00. The predicted octanol–water partition coefficient (Wildman–Crippen LogP) is 1.91. The van der Waals surface area contributed by atoms with E-state index >= 15 is 0 Å². The smallest absolute Gasteiger partial charge is 0.248 e. The van der Waals surface area contributed by atoms with E-state index in [9.17, 15) is 4.79 Å². The van der Waals surface area contributed by atoms with E-state index < -0.39 is 0 Å². The number of aromatic nitrogens is 3. The fraction of sp³-hybridized carbons (Fsp3) is 0.500. The van der Waals surface area contributed by atoms with Crippen LogP contribution in [0.25, 0.3) is 0 Å². The van der Waals surface area contributed by atoms with Crippen molar-refractivity contribution < 1.29 is 4.79 Å². The normalized spacial score (nSPS) is 18.7. The summed E-state index contributed by atoms with van der Waals surface area (Å²) in [6.07, 6.45) is 2.44. The average molecular weight is 327 g/mol. The number of hydrogen-bond acceptors (Lipinski definition) is 4. The molecule has 24 heavy (non-hydrogen) atoms. The van der Waals surface area contributed by atoms with Crippen LogP contribution in [0.4, 0.5) is 0 Å². The Balaban J connectivity index is 1.59. The molecule has 6 heteroatoms. The number of amides is 1. The van der Waals surface area contributed by atoms with Gasteiger partial charge >= 0.3 is 0 Å². The highest BCUT2D eigenvalue weighted by Gasteiger charge is 2.21. The van der Waals surface area contributed by atoms with E-state index in [4.69, 9.17) is 5.73 Å². The van der Waals surface area contributed by atoms with Crippen LogP contribution in [0, 0.1) is 19.8 Å². The number of primary amides is 1. The first-order chi connectivity index (χ1) is 11.5. The van der Waals surface area contributed by atoms with Crippen LogP contribution in [0.1, 0.15) is 40.4 Å². The monoisotopic (exact) mass is 327 g/mol. The second-order valence-electron chi connectivity index (χ2n) is 6.69. The second-order valence-corrected chi connectivity index (χ2v) is 6.69. The zero-order chi connectivity index (χ0) is 17.1. The van der Waals surface area contributed by atoms with Crippen molar-refractivity contribution >= 4 is 5.91 Å². The summed E-state index contributed by atoms with van der Waals surface area (Å²) >= 11 is 0. The molecule has 0 aliphatic carbocycles. The maximum atomic E-state index is 11.1. The van der Waals surface area contributed by atoms with Crippen LogP contribution in [0.3, 0.4) is 0 Å². The minimum Gasteiger partial charge on any atom is -0.366 e. The van der Waals surface area contributed by atoms with Crippen molar-refractivity contribution in [3.8, 4) is 0 Å². The summed E-state index contributed by atoms with van der Waals surface area (Å²) in [5, 5.41) is 4.48. The molecule has 1 saturated heterocycles. The highest BCUT2D eigenvalue weighted by atomic mass is 16.1. The van der Waals surface area contributed by atoms with E-state index in [0.717, 1.165) is 37.8 Å². The van der Waals surface area contributed by atoms with Crippen LogP contribution in [0.2, 0.25) is 0 Å². The number of carbonyl (C=O) groups excluding carboxylic acids is 1. The number of hydrogen-bond donors (Lipinski definition) is 1. The van der Waals surface area contributed by atoms with Crippen LogP contribution in [0.15, 0.2) is 24.3 Å². The molecule has 1 aromatic carbocycles. The Labute approximate surface area is 142 Å². The Kier molecular flexibility index (Phi) is 4.94. The molecule has 1 aromatic heterocycles. The van der Waals surface area contributed by atoms with E-state index in [1.165, 1.54) is 18.4 Å². The number of likely N-dealkylation sites (tertiary alicyclic amines) is 1. The summed E-state index contributed by atoms with van der Waals surface area (Å²) in [4.78, 5) is 18.0. The minimum atomic E-state index is -0.377. The van der Waals surface area contributed by atoms with Gasteiger partial charge in [-0.15, -0.1) is 0 Å². The Morgan fingerprint density at radius 1 is 1.29 bits per heavy atom. The molecular formula is C18H25N5O. The van der Waals surface area contributed by atoms with Gasteiger partial charge in [0.15, 0.2) is 0 Å². The topological polar surface area (TPSA) is 77.0 Å². The molecule has 6 nitrogen and oxygen atoms in total. The van der Waals surface area contributed by atoms with E-state index in [-0.39, 0.29) is 5.91 Å². The van der Waals surface area contributed by atoms with E-state index in [2.05, 4.69) is 15.0 Å². The number of carbonyl (C=O) groups is 1. The molecule has 2 heterocycles. The van der Waals surface area contributed by atoms with Gasteiger partial charge in [0.25, 0.3) is 0 Å². The molecule has 2 aromatic rings. The van der Waals surface area contributed by atoms with Gasteiger partial charge < -0.3 is 5.73 Å². The molecule has 1 fully saturated rings. The third-order valence-corrected chi connectivity index (χ3v) is 4.64. The van der Waals surface area contributed by atoms with E-state index in [1.54, 1.807) is 12.1 Å². The molecule has 128 valence electrons. The Bertz CT molecular complexity index is 707. The molecule has 1 aliphatic rings. The van der Waals surface area contributed by atoms with Gasteiger partial charge in [0.05, 0.1) is 0 Å². The lowest BCUT2D eigenvalue weighted by molar-refractivity contribution is 0.1000. The number of benzene rings is 1. The van der Waals surface area contributed by atoms with Gasteiger partial charge in [-0.1, -0.05) is 12.1 Å². The van der Waals surface area contributed by atoms with Crippen LogP contribution >= 0.6 is 0 Å². The van der Waals surface area contributed by atoms with Crippen LogP contribution in [-0.2, 0) is 13.1 Å². The molecule has 0 bridgehead atoms. The van der Waals surface area contributed by atoms with Crippen molar-refractivity contribution in [3.63, 3.8) is 0 Å². The number of aryl methyl sites for hydroxylation is 2. The first kappa shape index (κ1) is 16.6. The summed E-state index contributed by atoms with van der Waals surface area (Å²) in [6, 6.07) is 7.60. The molecule has 0 saturated carbocycles. The molecular weight excluding hydrogens is 302 g/mol. The lowest BCUT2D eigenvalue weighted by Gasteiger charge is -2.32. The lowest BCUT2D eigenvalue weighted by atomic mass is 9.97. The summed E-state index contributed by atoms with van der Waals surface area (Å²) in [5.74, 6) is 2.06. The first-order valence-corrected chi connectivity index (χ1v) is 8.50. The zero-order valence-electron chi connectivity index (χ0n) is 14.4. The zero-order valence-corrected chi connectivity index (χ0v) is 14.4. The number of nitrogens with two attached hydrogens (primary N) is 1. The van der Waals surface area contributed by atoms with Crippen LogP contribution < -0.4 is 5.73 Å². The van der Waals surface area contributed by atoms with Crippen molar-refractivity contribution in [1.82, 2.24) is 19.7 Å². The van der Waals surface area contributed by atoms with Gasteiger partial charge in [-0.25, -0.2) is 9.67 Å². The SMILES string of the molecule is Cc1nc(C)n(C[C@@H]2CCCN(Cc3ccc(C(N)=O)cc3)C2)n1. The fourth-order valence-electron chi connectivity index (χ4n) is 3.46. The molecule has 1 aliphatic heterocycles. The number of nitrogens with zero attached hydrogens (tertiary/aromatic N) is 4. The standard InChI is InChI=1S/C18H25N5O/c1-13-20-14(2)23(21-13)12-16-4-3-9-22(11-16)10-15-5-7-17(8-6-15)18(19)24/h5-8,16H,3-4,9-12H2,1-2H3,(H2,19,24)/t16-/m1/s1. The van der Waals surface area contributed by atoms with Gasteiger partial charge in [0, 0.05) is 25.2 Å².